The van der Waals surface area contributed by atoms with Crippen LogP contribution in [0.2, 0.25) is 0 Å². The SMILES string of the molecule is Cc1ccc(C)c(CSc2nnc(Cn3c(=O)sc4ccccc43)n2CCc2ccccc2)c1. The highest BCUT2D eigenvalue weighted by molar-refractivity contribution is 7.98. The molecule has 0 aliphatic heterocycles. The van der Waals surface area contributed by atoms with E-state index >= 15 is 0 Å². The van der Waals surface area contributed by atoms with Crippen molar-refractivity contribution in [1.29, 1.82) is 0 Å². The number of rotatable bonds is 8. The summed E-state index contributed by atoms with van der Waals surface area (Å²) in [4.78, 5) is 12.8. The van der Waals surface area contributed by atoms with Crippen molar-refractivity contribution in [2.24, 2.45) is 0 Å². The van der Waals surface area contributed by atoms with Crippen molar-refractivity contribution >= 4 is 33.3 Å². The molecular formula is C27H26N4OS2. The lowest BCUT2D eigenvalue weighted by Crippen LogP contribution is -2.18. The van der Waals surface area contributed by atoms with Crippen molar-refractivity contribution in [3.05, 3.63) is 111 Å². The van der Waals surface area contributed by atoms with E-state index in [9.17, 15) is 4.79 Å². The zero-order valence-corrected chi connectivity index (χ0v) is 20.9. The van der Waals surface area contributed by atoms with E-state index in [4.69, 9.17) is 0 Å². The molecule has 0 atom stereocenters. The van der Waals surface area contributed by atoms with Gasteiger partial charge in [0.05, 0.1) is 16.8 Å². The Kier molecular flexibility index (Phi) is 6.65. The van der Waals surface area contributed by atoms with Crippen LogP contribution in [0, 0.1) is 13.8 Å². The van der Waals surface area contributed by atoms with Gasteiger partial charge in [-0.2, -0.15) is 0 Å². The molecule has 2 heterocycles. The van der Waals surface area contributed by atoms with Crippen molar-refractivity contribution in [2.45, 2.75) is 44.3 Å². The van der Waals surface area contributed by atoms with Crippen molar-refractivity contribution in [2.75, 3.05) is 0 Å². The Morgan fingerprint density at radius 1 is 0.912 bits per heavy atom. The normalized spacial score (nSPS) is 11.4. The molecule has 0 fully saturated rings. The van der Waals surface area contributed by atoms with Crippen molar-refractivity contribution in [3.63, 3.8) is 0 Å². The summed E-state index contributed by atoms with van der Waals surface area (Å²) in [5, 5.41) is 9.98. The van der Waals surface area contributed by atoms with Crippen molar-refractivity contribution in [3.8, 4) is 0 Å². The Morgan fingerprint density at radius 2 is 1.71 bits per heavy atom. The lowest BCUT2D eigenvalue weighted by atomic mass is 10.1. The van der Waals surface area contributed by atoms with Gasteiger partial charge in [0, 0.05) is 12.3 Å². The van der Waals surface area contributed by atoms with Gasteiger partial charge >= 0.3 is 4.87 Å². The predicted molar refractivity (Wildman–Crippen MR) is 141 cm³/mol. The van der Waals surface area contributed by atoms with Crippen LogP contribution in [0.4, 0.5) is 0 Å². The van der Waals surface area contributed by atoms with Gasteiger partial charge < -0.3 is 4.57 Å². The van der Waals surface area contributed by atoms with Crippen LogP contribution in [0.3, 0.4) is 0 Å². The molecule has 0 aliphatic carbocycles. The van der Waals surface area contributed by atoms with E-state index in [0.29, 0.717) is 6.54 Å². The molecule has 7 heteroatoms. The van der Waals surface area contributed by atoms with E-state index in [0.717, 1.165) is 39.9 Å². The Labute approximate surface area is 207 Å². The molecule has 5 nitrogen and oxygen atoms in total. The summed E-state index contributed by atoms with van der Waals surface area (Å²) in [7, 11) is 0. The summed E-state index contributed by atoms with van der Waals surface area (Å²) < 4.78 is 4.98. The third kappa shape index (κ3) is 4.86. The summed E-state index contributed by atoms with van der Waals surface area (Å²) in [5.41, 5.74) is 6.07. The largest absolute Gasteiger partial charge is 0.308 e. The molecule has 172 valence electrons. The van der Waals surface area contributed by atoms with E-state index in [-0.39, 0.29) is 4.87 Å². The van der Waals surface area contributed by atoms with E-state index < -0.39 is 0 Å². The minimum absolute atomic E-state index is 0.0309. The molecule has 5 rings (SSSR count). The number of aryl methyl sites for hydroxylation is 3. The van der Waals surface area contributed by atoms with Crippen LogP contribution >= 0.6 is 23.1 Å². The minimum Gasteiger partial charge on any atom is -0.304 e. The van der Waals surface area contributed by atoms with Gasteiger partial charge in [0.1, 0.15) is 0 Å². The van der Waals surface area contributed by atoms with Gasteiger partial charge in [-0.1, -0.05) is 89.3 Å². The Bertz CT molecular complexity index is 1480. The smallest absolute Gasteiger partial charge is 0.304 e. The Hall–Kier alpha value is -3.16. The molecule has 0 bridgehead atoms. The van der Waals surface area contributed by atoms with Crippen LogP contribution in [0.25, 0.3) is 10.2 Å². The van der Waals surface area contributed by atoms with Gasteiger partial charge in [0.15, 0.2) is 11.0 Å². The van der Waals surface area contributed by atoms with E-state index in [1.54, 1.807) is 11.8 Å². The summed E-state index contributed by atoms with van der Waals surface area (Å²) >= 11 is 2.98. The van der Waals surface area contributed by atoms with E-state index in [2.05, 4.69) is 71.1 Å². The average molecular weight is 487 g/mol. The molecule has 5 aromatic rings. The predicted octanol–water partition coefficient (Wildman–Crippen LogP) is 5.85. The second-order valence-corrected chi connectivity index (χ2v) is 10.4. The third-order valence-electron chi connectivity index (χ3n) is 6.00. The van der Waals surface area contributed by atoms with Gasteiger partial charge in [-0.3, -0.25) is 9.36 Å². The number of thiazole rings is 1. The molecule has 34 heavy (non-hydrogen) atoms. The lowest BCUT2D eigenvalue weighted by Gasteiger charge is -2.12. The molecule has 2 aromatic heterocycles. The number of benzene rings is 3. The number of hydrogen-bond acceptors (Lipinski definition) is 5. The highest BCUT2D eigenvalue weighted by atomic mass is 32.2. The van der Waals surface area contributed by atoms with Gasteiger partial charge in [0.25, 0.3) is 0 Å². The number of thioether (sulfide) groups is 1. The summed E-state index contributed by atoms with van der Waals surface area (Å²) in [6.45, 7) is 5.44. The number of hydrogen-bond donors (Lipinski definition) is 0. The number of aromatic nitrogens is 4. The quantitative estimate of drug-likeness (QED) is 0.258. The first-order valence-electron chi connectivity index (χ1n) is 11.3. The monoisotopic (exact) mass is 486 g/mol. The van der Waals surface area contributed by atoms with Crippen LogP contribution < -0.4 is 4.87 Å². The molecule has 0 amide bonds. The molecule has 3 aromatic carbocycles. The van der Waals surface area contributed by atoms with Crippen molar-refractivity contribution < 1.29 is 0 Å². The van der Waals surface area contributed by atoms with Crippen LogP contribution in [-0.4, -0.2) is 19.3 Å². The van der Waals surface area contributed by atoms with Gasteiger partial charge in [-0.05, 0) is 49.1 Å². The Balaban J connectivity index is 1.45. The number of nitrogens with zero attached hydrogens (tertiary/aromatic N) is 4. The lowest BCUT2D eigenvalue weighted by molar-refractivity contribution is 0.586. The van der Waals surface area contributed by atoms with Crippen LogP contribution in [0.5, 0.6) is 0 Å². The number of fused-ring (bicyclic) bond motifs is 1. The summed E-state index contributed by atoms with van der Waals surface area (Å²) in [6, 6.07) is 24.9. The van der Waals surface area contributed by atoms with Crippen LogP contribution in [0.15, 0.2) is 82.7 Å². The van der Waals surface area contributed by atoms with Gasteiger partial charge in [0.2, 0.25) is 0 Å². The second-order valence-electron chi connectivity index (χ2n) is 8.43. The fourth-order valence-electron chi connectivity index (χ4n) is 4.06. The molecule has 0 unspecified atom stereocenters. The first-order chi connectivity index (χ1) is 16.6. The average Bonchev–Trinajstić information content (AvgIpc) is 3.39. The summed E-state index contributed by atoms with van der Waals surface area (Å²) in [5.74, 6) is 1.64. The Morgan fingerprint density at radius 3 is 2.56 bits per heavy atom. The molecule has 0 saturated carbocycles. The molecule has 0 spiro atoms. The van der Waals surface area contributed by atoms with Crippen LogP contribution in [0.1, 0.15) is 28.1 Å². The minimum atomic E-state index is 0.0309. The maximum absolute atomic E-state index is 12.7. The fourth-order valence-corrected chi connectivity index (χ4v) is 5.99. The van der Waals surface area contributed by atoms with Crippen molar-refractivity contribution in [1.82, 2.24) is 19.3 Å². The van der Waals surface area contributed by atoms with E-state index in [1.807, 2.05) is 34.9 Å². The topological polar surface area (TPSA) is 52.7 Å². The first-order valence-corrected chi connectivity index (χ1v) is 13.1. The highest BCUT2D eigenvalue weighted by Gasteiger charge is 2.16. The highest BCUT2D eigenvalue weighted by Crippen LogP contribution is 2.26. The zero-order valence-electron chi connectivity index (χ0n) is 19.3. The number of para-hydroxylation sites is 1. The zero-order chi connectivity index (χ0) is 23.5. The van der Waals surface area contributed by atoms with Crippen LogP contribution in [-0.2, 0) is 25.3 Å². The molecule has 0 N–H and O–H groups in total. The third-order valence-corrected chi connectivity index (χ3v) is 7.97. The fraction of sp³-hybridized carbons (Fsp3) is 0.222. The molecule has 0 radical (unpaired) electrons. The maximum Gasteiger partial charge on any atom is 0.308 e. The van der Waals surface area contributed by atoms with Gasteiger partial charge in [-0.15, -0.1) is 10.2 Å². The molecular weight excluding hydrogens is 460 g/mol. The van der Waals surface area contributed by atoms with Gasteiger partial charge in [-0.25, -0.2) is 0 Å². The second kappa shape index (κ2) is 9.99. The molecule has 0 saturated heterocycles. The first kappa shape index (κ1) is 22.6. The maximum atomic E-state index is 12.7. The van der Waals surface area contributed by atoms with E-state index in [1.165, 1.54) is 33.6 Å². The molecule has 0 aliphatic rings. The standard InChI is InChI=1S/C27H26N4OS2/c1-19-12-13-20(2)22(16-19)18-33-26-29-28-25(30(26)15-14-21-8-4-3-5-9-21)17-31-23-10-6-7-11-24(23)34-27(31)32/h3-13,16H,14-15,17-18H2,1-2H3. The summed E-state index contributed by atoms with van der Waals surface area (Å²) in [6.07, 6.45) is 0.877.